The Morgan fingerprint density at radius 1 is 1.38 bits per heavy atom. The van der Waals surface area contributed by atoms with E-state index in [0.717, 1.165) is 11.4 Å². The molecule has 0 fully saturated rings. The van der Waals surface area contributed by atoms with E-state index in [-0.39, 0.29) is 0 Å². The third kappa shape index (κ3) is 1.73. The van der Waals surface area contributed by atoms with Gasteiger partial charge in [0.25, 0.3) is 0 Å². The molecule has 0 bridgehead atoms. The minimum atomic E-state index is 0.659. The molecule has 2 rings (SSSR count). The van der Waals surface area contributed by atoms with E-state index in [1.165, 1.54) is 5.56 Å². The maximum atomic E-state index is 5.73. The number of hydrogen-bond acceptors (Lipinski definition) is 1. The summed E-state index contributed by atoms with van der Waals surface area (Å²) >= 11 is 5.73. The van der Waals surface area contributed by atoms with E-state index >= 15 is 0 Å². The standard InChI is InChI=1S/C10H9ClN2/c1-7-4-10(12-5-7)9-3-2-8(11)6-13-9/h2-6,12H,1H3. The van der Waals surface area contributed by atoms with Crippen LogP contribution in [-0.2, 0) is 0 Å². The SMILES string of the molecule is Cc1c[nH]c(-c2ccc(Cl)cn2)c1. The number of rotatable bonds is 1. The molecule has 1 N–H and O–H groups in total. The number of aromatic amines is 1. The van der Waals surface area contributed by atoms with Crippen LogP contribution in [0.1, 0.15) is 5.56 Å². The van der Waals surface area contributed by atoms with Crippen molar-refractivity contribution in [2.75, 3.05) is 0 Å². The zero-order chi connectivity index (χ0) is 9.26. The number of aromatic nitrogens is 2. The van der Waals surface area contributed by atoms with Crippen LogP contribution in [0.15, 0.2) is 30.6 Å². The summed E-state index contributed by atoms with van der Waals surface area (Å²) in [4.78, 5) is 7.33. The van der Waals surface area contributed by atoms with Crippen LogP contribution in [0.4, 0.5) is 0 Å². The van der Waals surface area contributed by atoms with Gasteiger partial charge in [0.05, 0.1) is 16.4 Å². The minimum Gasteiger partial charge on any atom is -0.360 e. The van der Waals surface area contributed by atoms with Gasteiger partial charge in [-0.3, -0.25) is 4.98 Å². The highest BCUT2D eigenvalue weighted by molar-refractivity contribution is 6.30. The normalized spacial score (nSPS) is 10.3. The summed E-state index contributed by atoms with van der Waals surface area (Å²) in [6, 6.07) is 5.78. The molecule has 2 heterocycles. The third-order valence-corrected chi connectivity index (χ3v) is 2.05. The van der Waals surface area contributed by atoms with E-state index < -0.39 is 0 Å². The fourth-order valence-corrected chi connectivity index (χ4v) is 1.30. The summed E-state index contributed by atoms with van der Waals surface area (Å²) in [5.41, 5.74) is 3.14. The first-order valence-corrected chi connectivity index (χ1v) is 4.40. The van der Waals surface area contributed by atoms with Crippen LogP contribution in [0.25, 0.3) is 11.4 Å². The second-order valence-electron chi connectivity index (χ2n) is 2.95. The van der Waals surface area contributed by atoms with Crippen molar-refractivity contribution in [2.45, 2.75) is 6.92 Å². The molecule has 0 aliphatic carbocycles. The number of nitrogens with zero attached hydrogens (tertiary/aromatic N) is 1. The molecule has 13 heavy (non-hydrogen) atoms. The molecular weight excluding hydrogens is 184 g/mol. The number of H-pyrrole nitrogens is 1. The quantitative estimate of drug-likeness (QED) is 0.739. The molecule has 2 aromatic heterocycles. The monoisotopic (exact) mass is 192 g/mol. The van der Waals surface area contributed by atoms with Crippen molar-refractivity contribution in [3.8, 4) is 11.4 Å². The molecule has 0 aliphatic heterocycles. The summed E-state index contributed by atoms with van der Waals surface area (Å²) in [5.74, 6) is 0. The number of pyridine rings is 1. The van der Waals surface area contributed by atoms with Gasteiger partial charge in [0.15, 0.2) is 0 Å². The van der Waals surface area contributed by atoms with Gasteiger partial charge in [0.1, 0.15) is 0 Å². The van der Waals surface area contributed by atoms with Crippen molar-refractivity contribution in [2.24, 2.45) is 0 Å². The van der Waals surface area contributed by atoms with E-state index in [0.29, 0.717) is 5.02 Å². The molecule has 0 amide bonds. The molecule has 2 nitrogen and oxygen atoms in total. The Labute approximate surface area is 81.6 Å². The number of aryl methyl sites for hydroxylation is 1. The van der Waals surface area contributed by atoms with Crippen molar-refractivity contribution in [1.29, 1.82) is 0 Å². The first kappa shape index (κ1) is 8.32. The molecule has 0 unspecified atom stereocenters. The molecular formula is C10H9ClN2. The lowest BCUT2D eigenvalue weighted by Gasteiger charge is -1.95. The highest BCUT2D eigenvalue weighted by atomic mass is 35.5. The Morgan fingerprint density at radius 3 is 2.77 bits per heavy atom. The van der Waals surface area contributed by atoms with Crippen molar-refractivity contribution in [3.63, 3.8) is 0 Å². The second-order valence-corrected chi connectivity index (χ2v) is 3.39. The fourth-order valence-electron chi connectivity index (χ4n) is 1.19. The van der Waals surface area contributed by atoms with E-state index in [9.17, 15) is 0 Å². The minimum absolute atomic E-state index is 0.659. The predicted octanol–water partition coefficient (Wildman–Crippen LogP) is 3.04. The Bertz CT molecular complexity index is 403. The maximum absolute atomic E-state index is 5.73. The summed E-state index contributed by atoms with van der Waals surface area (Å²) in [6.45, 7) is 2.04. The fraction of sp³-hybridized carbons (Fsp3) is 0.100. The average molecular weight is 193 g/mol. The third-order valence-electron chi connectivity index (χ3n) is 1.83. The smallest absolute Gasteiger partial charge is 0.0865 e. The topological polar surface area (TPSA) is 28.7 Å². The largest absolute Gasteiger partial charge is 0.360 e. The molecule has 0 saturated carbocycles. The Balaban J connectivity index is 2.41. The Morgan fingerprint density at radius 2 is 2.23 bits per heavy atom. The predicted molar refractivity (Wildman–Crippen MR) is 53.8 cm³/mol. The number of hydrogen-bond donors (Lipinski definition) is 1. The van der Waals surface area contributed by atoms with Crippen molar-refractivity contribution >= 4 is 11.6 Å². The number of halogens is 1. The summed E-state index contributed by atoms with van der Waals surface area (Å²) in [5, 5.41) is 0.659. The van der Waals surface area contributed by atoms with Crippen LogP contribution < -0.4 is 0 Å². The van der Waals surface area contributed by atoms with Crippen LogP contribution in [0.3, 0.4) is 0 Å². The van der Waals surface area contributed by atoms with Crippen LogP contribution in [0, 0.1) is 6.92 Å². The first-order chi connectivity index (χ1) is 6.25. The Kier molecular flexibility index (Phi) is 2.07. The van der Waals surface area contributed by atoms with Crippen LogP contribution in [0.2, 0.25) is 5.02 Å². The van der Waals surface area contributed by atoms with Crippen LogP contribution in [-0.4, -0.2) is 9.97 Å². The maximum Gasteiger partial charge on any atom is 0.0865 e. The van der Waals surface area contributed by atoms with Crippen molar-refractivity contribution in [3.05, 3.63) is 41.2 Å². The van der Waals surface area contributed by atoms with E-state index in [2.05, 4.69) is 16.0 Å². The highest BCUT2D eigenvalue weighted by Gasteiger charge is 2.00. The van der Waals surface area contributed by atoms with E-state index in [1.54, 1.807) is 6.20 Å². The molecule has 2 aromatic rings. The van der Waals surface area contributed by atoms with Crippen molar-refractivity contribution < 1.29 is 0 Å². The highest BCUT2D eigenvalue weighted by Crippen LogP contribution is 2.17. The molecule has 0 aromatic carbocycles. The van der Waals surface area contributed by atoms with Gasteiger partial charge in [0, 0.05) is 12.4 Å². The van der Waals surface area contributed by atoms with Gasteiger partial charge in [-0.1, -0.05) is 11.6 Å². The van der Waals surface area contributed by atoms with Gasteiger partial charge in [-0.2, -0.15) is 0 Å². The molecule has 0 aliphatic rings. The second kappa shape index (κ2) is 3.23. The van der Waals surface area contributed by atoms with Gasteiger partial charge in [0.2, 0.25) is 0 Å². The Hall–Kier alpha value is -1.28. The van der Waals surface area contributed by atoms with Gasteiger partial charge in [-0.05, 0) is 30.7 Å². The summed E-state index contributed by atoms with van der Waals surface area (Å²) in [7, 11) is 0. The van der Waals surface area contributed by atoms with Gasteiger partial charge in [-0.15, -0.1) is 0 Å². The lowest BCUT2D eigenvalue weighted by molar-refractivity contribution is 1.28. The lowest BCUT2D eigenvalue weighted by atomic mass is 10.2. The van der Waals surface area contributed by atoms with E-state index in [1.807, 2.05) is 25.3 Å². The summed E-state index contributed by atoms with van der Waals surface area (Å²) in [6.07, 6.45) is 3.60. The van der Waals surface area contributed by atoms with E-state index in [4.69, 9.17) is 11.6 Å². The molecule has 0 atom stereocenters. The molecule has 3 heteroatoms. The zero-order valence-electron chi connectivity index (χ0n) is 7.21. The zero-order valence-corrected chi connectivity index (χ0v) is 7.97. The summed E-state index contributed by atoms with van der Waals surface area (Å²) < 4.78 is 0. The van der Waals surface area contributed by atoms with Gasteiger partial charge in [-0.25, -0.2) is 0 Å². The lowest BCUT2D eigenvalue weighted by Crippen LogP contribution is -1.81. The molecule has 66 valence electrons. The van der Waals surface area contributed by atoms with Crippen LogP contribution >= 0.6 is 11.6 Å². The van der Waals surface area contributed by atoms with Crippen LogP contribution in [0.5, 0.6) is 0 Å². The van der Waals surface area contributed by atoms with Gasteiger partial charge < -0.3 is 4.98 Å². The van der Waals surface area contributed by atoms with Gasteiger partial charge >= 0.3 is 0 Å². The molecule has 0 spiro atoms. The first-order valence-electron chi connectivity index (χ1n) is 4.02. The number of nitrogens with one attached hydrogen (secondary N) is 1. The van der Waals surface area contributed by atoms with Crippen molar-refractivity contribution in [1.82, 2.24) is 9.97 Å². The molecule has 0 saturated heterocycles. The molecule has 0 radical (unpaired) electrons. The average Bonchev–Trinajstić information content (AvgIpc) is 2.53.